The lowest BCUT2D eigenvalue weighted by molar-refractivity contribution is -0.136. The van der Waals surface area contributed by atoms with Crippen molar-refractivity contribution in [1.82, 2.24) is 15.2 Å². The lowest BCUT2D eigenvalue weighted by Gasteiger charge is -2.36. The van der Waals surface area contributed by atoms with Crippen molar-refractivity contribution in [3.8, 4) is 0 Å². The van der Waals surface area contributed by atoms with Crippen LogP contribution in [0.15, 0.2) is 82.2 Å². The molecule has 0 spiro atoms. The molecule has 1 atom stereocenters. The van der Waals surface area contributed by atoms with Crippen LogP contribution in [0.4, 0.5) is 0 Å². The molecule has 0 bridgehead atoms. The Bertz CT molecular complexity index is 1100. The van der Waals surface area contributed by atoms with Crippen molar-refractivity contribution in [2.45, 2.75) is 32.4 Å². The van der Waals surface area contributed by atoms with Gasteiger partial charge in [-0.15, -0.1) is 0 Å². The van der Waals surface area contributed by atoms with E-state index < -0.39 is 12.0 Å². The molecule has 0 saturated carbocycles. The van der Waals surface area contributed by atoms with E-state index in [1.807, 2.05) is 59.7 Å². The number of thioether (sulfide) groups is 1. The van der Waals surface area contributed by atoms with Crippen LogP contribution in [0.25, 0.3) is 0 Å². The Morgan fingerprint density at radius 2 is 1.91 bits per heavy atom. The second-order valence-electron chi connectivity index (χ2n) is 7.32. The third-order valence-corrected chi connectivity index (χ3v) is 6.21. The molecule has 4 rings (SSSR count). The van der Waals surface area contributed by atoms with Gasteiger partial charge in [0.2, 0.25) is 5.91 Å². The largest absolute Gasteiger partial charge is 0.466 e. The summed E-state index contributed by atoms with van der Waals surface area (Å²) < 4.78 is 5.12. The van der Waals surface area contributed by atoms with Crippen molar-refractivity contribution in [2.75, 3.05) is 7.11 Å². The van der Waals surface area contributed by atoms with Gasteiger partial charge in [-0.05, 0) is 35.1 Å². The minimum absolute atomic E-state index is 0.105. The SMILES string of the molecule is CCC1=C(C(=O)OC)[C@H](c2ccccc2)N2C(CC(=O)NCc3ccncc3)=CSC2=N1. The maximum absolute atomic E-state index is 12.8. The smallest absolute Gasteiger partial charge is 0.338 e. The molecule has 1 N–H and O–H groups in total. The van der Waals surface area contributed by atoms with Gasteiger partial charge in [0.25, 0.3) is 0 Å². The molecule has 7 nitrogen and oxygen atoms in total. The van der Waals surface area contributed by atoms with Crippen LogP contribution in [0.1, 0.15) is 36.9 Å². The average Bonchev–Trinajstić information content (AvgIpc) is 3.24. The number of allylic oxidation sites excluding steroid dienone is 1. The van der Waals surface area contributed by atoms with E-state index in [2.05, 4.69) is 10.3 Å². The number of esters is 1. The minimum Gasteiger partial charge on any atom is -0.466 e. The average molecular weight is 449 g/mol. The summed E-state index contributed by atoms with van der Waals surface area (Å²) in [5.74, 6) is -0.511. The molecule has 2 aromatic rings. The number of fused-ring (bicyclic) bond motifs is 1. The van der Waals surface area contributed by atoms with Gasteiger partial charge < -0.3 is 15.0 Å². The van der Waals surface area contributed by atoms with Gasteiger partial charge in [-0.2, -0.15) is 0 Å². The Morgan fingerprint density at radius 3 is 2.59 bits per heavy atom. The van der Waals surface area contributed by atoms with E-state index in [1.165, 1.54) is 18.9 Å². The highest BCUT2D eigenvalue weighted by Crippen LogP contribution is 2.45. The Kier molecular flexibility index (Phi) is 6.70. The first kappa shape index (κ1) is 21.8. The molecule has 3 heterocycles. The molecule has 164 valence electrons. The number of nitrogens with zero attached hydrogens (tertiary/aromatic N) is 3. The second-order valence-corrected chi connectivity index (χ2v) is 8.16. The van der Waals surface area contributed by atoms with Crippen LogP contribution in [0.5, 0.6) is 0 Å². The molecule has 32 heavy (non-hydrogen) atoms. The van der Waals surface area contributed by atoms with E-state index >= 15 is 0 Å². The Hall–Kier alpha value is -3.39. The van der Waals surface area contributed by atoms with E-state index in [0.29, 0.717) is 24.2 Å². The fraction of sp³-hybridized carbons (Fsp3) is 0.250. The third kappa shape index (κ3) is 4.45. The number of carbonyl (C=O) groups is 2. The van der Waals surface area contributed by atoms with Crippen molar-refractivity contribution in [3.05, 3.63) is 88.4 Å². The lowest BCUT2D eigenvalue weighted by atomic mass is 9.93. The zero-order chi connectivity index (χ0) is 22.5. The predicted octanol–water partition coefficient (Wildman–Crippen LogP) is 3.93. The fourth-order valence-corrected chi connectivity index (χ4v) is 4.73. The van der Waals surface area contributed by atoms with Crippen molar-refractivity contribution >= 4 is 28.8 Å². The van der Waals surface area contributed by atoms with Gasteiger partial charge in [0.05, 0.1) is 30.8 Å². The van der Waals surface area contributed by atoms with Gasteiger partial charge in [0, 0.05) is 24.6 Å². The number of nitrogens with one attached hydrogen (secondary N) is 1. The van der Waals surface area contributed by atoms with Crippen LogP contribution in [-0.4, -0.2) is 34.0 Å². The van der Waals surface area contributed by atoms with Crippen LogP contribution < -0.4 is 5.32 Å². The highest BCUT2D eigenvalue weighted by molar-refractivity contribution is 8.16. The van der Waals surface area contributed by atoms with Crippen LogP contribution in [-0.2, 0) is 20.9 Å². The topological polar surface area (TPSA) is 83.9 Å². The molecule has 0 fully saturated rings. The molecule has 2 aliphatic heterocycles. The molecule has 2 aliphatic rings. The standard InChI is InChI=1S/C24H24N4O3S/c1-3-19-21(23(30)31-2)22(17-7-5-4-6-8-17)28-18(15-32-24(28)27-19)13-20(29)26-14-16-9-11-25-12-10-16/h4-12,15,22H,3,13-14H2,1-2H3,(H,26,29)/t22-/m0/s1. The molecule has 0 radical (unpaired) electrons. The Balaban J connectivity index is 1.61. The zero-order valence-electron chi connectivity index (χ0n) is 17.9. The molecule has 0 unspecified atom stereocenters. The van der Waals surface area contributed by atoms with Crippen LogP contribution in [0.2, 0.25) is 0 Å². The molecule has 1 amide bonds. The summed E-state index contributed by atoms with van der Waals surface area (Å²) in [6.07, 6.45) is 4.18. The van der Waals surface area contributed by atoms with Gasteiger partial charge in [0.1, 0.15) is 0 Å². The summed E-state index contributed by atoms with van der Waals surface area (Å²) in [4.78, 5) is 36.3. The number of pyridine rings is 1. The number of hydrogen-bond acceptors (Lipinski definition) is 7. The molecule has 0 aliphatic carbocycles. The predicted molar refractivity (Wildman–Crippen MR) is 124 cm³/mol. The summed E-state index contributed by atoms with van der Waals surface area (Å²) >= 11 is 1.47. The number of amidine groups is 1. The second kappa shape index (κ2) is 9.82. The number of amides is 1. The summed E-state index contributed by atoms with van der Waals surface area (Å²) in [6.45, 7) is 2.40. The first-order valence-corrected chi connectivity index (χ1v) is 11.3. The van der Waals surface area contributed by atoms with Gasteiger partial charge in [-0.25, -0.2) is 9.79 Å². The number of aliphatic imine (C=N–C) groups is 1. The van der Waals surface area contributed by atoms with Gasteiger partial charge in [0.15, 0.2) is 5.17 Å². The number of carbonyl (C=O) groups excluding carboxylic acids is 2. The maximum Gasteiger partial charge on any atom is 0.338 e. The minimum atomic E-state index is -0.406. The van der Waals surface area contributed by atoms with Crippen molar-refractivity contribution in [3.63, 3.8) is 0 Å². The summed E-state index contributed by atoms with van der Waals surface area (Å²) in [7, 11) is 1.38. The maximum atomic E-state index is 12.8. The summed E-state index contributed by atoms with van der Waals surface area (Å²) in [5.41, 5.74) is 3.94. The third-order valence-electron chi connectivity index (χ3n) is 5.33. The number of methoxy groups -OCH3 is 1. The van der Waals surface area contributed by atoms with Gasteiger partial charge in [-0.3, -0.25) is 9.78 Å². The van der Waals surface area contributed by atoms with Crippen molar-refractivity contribution < 1.29 is 14.3 Å². The van der Waals surface area contributed by atoms with Crippen molar-refractivity contribution in [2.24, 2.45) is 4.99 Å². The number of rotatable bonds is 7. The monoisotopic (exact) mass is 448 g/mol. The van der Waals surface area contributed by atoms with Gasteiger partial charge in [-0.1, -0.05) is 49.0 Å². The van der Waals surface area contributed by atoms with E-state index in [1.54, 1.807) is 12.4 Å². The normalized spacial score (nSPS) is 17.4. The highest BCUT2D eigenvalue weighted by Gasteiger charge is 2.41. The quantitative estimate of drug-likeness (QED) is 0.647. The number of benzene rings is 1. The van der Waals surface area contributed by atoms with E-state index in [0.717, 1.165) is 22.0 Å². The van der Waals surface area contributed by atoms with E-state index in [4.69, 9.17) is 9.73 Å². The molecule has 0 saturated heterocycles. The zero-order valence-corrected chi connectivity index (χ0v) is 18.8. The molecule has 1 aromatic heterocycles. The van der Waals surface area contributed by atoms with Crippen molar-refractivity contribution in [1.29, 1.82) is 0 Å². The molecule has 1 aromatic carbocycles. The molecular weight excluding hydrogens is 424 g/mol. The van der Waals surface area contributed by atoms with Crippen LogP contribution in [0.3, 0.4) is 0 Å². The lowest BCUT2D eigenvalue weighted by Crippen LogP contribution is -2.38. The first-order chi connectivity index (χ1) is 15.6. The summed E-state index contributed by atoms with van der Waals surface area (Å²) in [6, 6.07) is 13.1. The van der Waals surface area contributed by atoms with E-state index in [9.17, 15) is 9.59 Å². The molecular formula is C24H24N4O3S. The fourth-order valence-electron chi connectivity index (χ4n) is 3.79. The van der Waals surface area contributed by atoms with Crippen LogP contribution >= 0.6 is 11.8 Å². The number of aromatic nitrogens is 1. The summed E-state index contributed by atoms with van der Waals surface area (Å²) in [5, 5.41) is 5.66. The van der Waals surface area contributed by atoms with Gasteiger partial charge >= 0.3 is 5.97 Å². The highest BCUT2D eigenvalue weighted by atomic mass is 32.2. The molecule has 8 heteroatoms. The van der Waals surface area contributed by atoms with E-state index in [-0.39, 0.29) is 12.3 Å². The van der Waals surface area contributed by atoms with Crippen LogP contribution in [0, 0.1) is 0 Å². The Labute approximate surface area is 191 Å². The number of hydrogen-bond donors (Lipinski definition) is 1. The number of ether oxygens (including phenoxy) is 1. The Morgan fingerprint density at radius 1 is 1.16 bits per heavy atom. The first-order valence-electron chi connectivity index (χ1n) is 10.4.